The Morgan fingerprint density at radius 3 is 2.84 bits per heavy atom. The van der Waals surface area contributed by atoms with Crippen LogP contribution in [-0.4, -0.2) is 50.3 Å². The van der Waals surface area contributed by atoms with Crippen LogP contribution in [0.1, 0.15) is 52.9 Å². The lowest BCUT2D eigenvalue weighted by Crippen LogP contribution is -2.47. The van der Waals surface area contributed by atoms with E-state index in [1.54, 1.807) is 0 Å². The van der Waals surface area contributed by atoms with Crippen LogP contribution in [0.25, 0.3) is 0 Å². The Morgan fingerprint density at radius 1 is 1.26 bits per heavy atom. The molecule has 3 nitrogen and oxygen atoms in total. The van der Waals surface area contributed by atoms with Crippen LogP contribution in [0.4, 0.5) is 0 Å². The quantitative estimate of drug-likeness (QED) is 0.618. The van der Waals surface area contributed by atoms with Gasteiger partial charge in [-0.25, -0.2) is 0 Å². The number of piperidine rings is 1. The maximum absolute atomic E-state index is 5.71. The SMILES string of the molecule is CCCCOCCN1CCCCC1CNCC(C)C. The molecule has 1 atom stereocenters. The number of ether oxygens (including phenoxy) is 1. The third-order valence-corrected chi connectivity index (χ3v) is 3.85. The highest BCUT2D eigenvalue weighted by Gasteiger charge is 2.21. The second kappa shape index (κ2) is 10.6. The summed E-state index contributed by atoms with van der Waals surface area (Å²) in [5, 5.41) is 3.61. The number of hydrogen-bond donors (Lipinski definition) is 1. The molecule has 19 heavy (non-hydrogen) atoms. The maximum atomic E-state index is 5.71. The fourth-order valence-electron chi connectivity index (χ4n) is 2.65. The molecule has 0 bridgehead atoms. The molecule has 1 rings (SSSR count). The van der Waals surface area contributed by atoms with E-state index in [9.17, 15) is 0 Å². The molecule has 0 aliphatic carbocycles. The number of hydrogen-bond acceptors (Lipinski definition) is 3. The Morgan fingerprint density at radius 2 is 2.11 bits per heavy atom. The highest BCUT2D eigenvalue weighted by atomic mass is 16.5. The molecule has 3 heteroatoms. The lowest BCUT2D eigenvalue weighted by Gasteiger charge is -2.36. The monoisotopic (exact) mass is 270 g/mol. The molecule has 1 aliphatic rings. The minimum absolute atomic E-state index is 0.724. The van der Waals surface area contributed by atoms with E-state index in [0.29, 0.717) is 0 Å². The van der Waals surface area contributed by atoms with Gasteiger partial charge in [-0.1, -0.05) is 33.6 Å². The Balaban J connectivity index is 2.16. The first-order valence-electron chi connectivity index (χ1n) is 8.26. The molecule has 114 valence electrons. The molecule has 1 aliphatic heterocycles. The van der Waals surface area contributed by atoms with E-state index in [1.165, 1.54) is 38.6 Å². The zero-order chi connectivity index (χ0) is 13.9. The maximum Gasteiger partial charge on any atom is 0.0593 e. The van der Waals surface area contributed by atoms with E-state index in [0.717, 1.165) is 44.8 Å². The van der Waals surface area contributed by atoms with Crippen molar-refractivity contribution in [3.63, 3.8) is 0 Å². The van der Waals surface area contributed by atoms with Gasteiger partial charge in [0.2, 0.25) is 0 Å². The van der Waals surface area contributed by atoms with Gasteiger partial charge in [-0.05, 0) is 38.3 Å². The Kier molecular flexibility index (Phi) is 9.48. The van der Waals surface area contributed by atoms with Gasteiger partial charge in [-0.2, -0.15) is 0 Å². The van der Waals surface area contributed by atoms with Crippen LogP contribution in [0.2, 0.25) is 0 Å². The molecule has 0 aromatic heterocycles. The second-order valence-corrected chi connectivity index (χ2v) is 6.20. The molecule has 0 aromatic carbocycles. The summed E-state index contributed by atoms with van der Waals surface area (Å²) in [4.78, 5) is 2.63. The lowest BCUT2D eigenvalue weighted by molar-refractivity contribution is 0.0700. The minimum atomic E-state index is 0.724. The van der Waals surface area contributed by atoms with Crippen LogP contribution >= 0.6 is 0 Å². The summed E-state index contributed by atoms with van der Waals surface area (Å²) in [6.45, 7) is 13.2. The van der Waals surface area contributed by atoms with Gasteiger partial charge >= 0.3 is 0 Å². The van der Waals surface area contributed by atoms with E-state index in [2.05, 4.69) is 31.0 Å². The van der Waals surface area contributed by atoms with Crippen molar-refractivity contribution in [1.82, 2.24) is 10.2 Å². The first-order chi connectivity index (χ1) is 9.24. The van der Waals surface area contributed by atoms with Crippen molar-refractivity contribution in [2.75, 3.05) is 39.4 Å². The van der Waals surface area contributed by atoms with Gasteiger partial charge in [-0.3, -0.25) is 4.90 Å². The van der Waals surface area contributed by atoms with Gasteiger partial charge in [0.25, 0.3) is 0 Å². The highest BCUT2D eigenvalue weighted by Crippen LogP contribution is 2.16. The zero-order valence-electron chi connectivity index (χ0n) is 13.3. The average Bonchev–Trinajstić information content (AvgIpc) is 2.40. The normalized spacial score (nSPS) is 21.2. The summed E-state index contributed by atoms with van der Waals surface area (Å²) in [6, 6.07) is 0.724. The van der Waals surface area contributed by atoms with Crippen LogP contribution in [0, 0.1) is 5.92 Å². The van der Waals surface area contributed by atoms with Gasteiger partial charge in [0.05, 0.1) is 6.61 Å². The van der Waals surface area contributed by atoms with E-state index >= 15 is 0 Å². The smallest absolute Gasteiger partial charge is 0.0593 e. The summed E-state index contributed by atoms with van der Waals surface area (Å²) in [7, 11) is 0. The number of nitrogens with zero attached hydrogens (tertiary/aromatic N) is 1. The lowest BCUT2D eigenvalue weighted by atomic mass is 10.0. The molecule has 0 radical (unpaired) electrons. The molecule has 0 amide bonds. The van der Waals surface area contributed by atoms with Crippen molar-refractivity contribution in [2.45, 2.75) is 58.9 Å². The Hall–Kier alpha value is -0.120. The van der Waals surface area contributed by atoms with Crippen LogP contribution < -0.4 is 5.32 Å². The molecular weight excluding hydrogens is 236 g/mol. The van der Waals surface area contributed by atoms with E-state index in [1.807, 2.05) is 0 Å². The summed E-state index contributed by atoms with van der Waals surface area (Å²) in [5.74, 6) is 0.745. The number of likely N-dealkylation sites (tertiary alicyclic amines) is 1. The molecule has 1 unspecified atom stereocenters. The van der Waals surface area contributed by atoms with Crippen molar-refractivity contribution >= 4 is 0 Å². The predicted octanol–water partition coefficient (Wildman–Crippen LogP) is 2.90. The van der Waals surface area contributed by atoms with Gasteiger partial charge < -0.3 is 10.1 Å². The first kappa shape index (κ1) is 16.9. The molecule has 1 heterocycles. The summed E-state index contributed by atoms with van der Waals surface area (Å²) in [6.07, 6.45) is 6.52. The Labute approximate surface area is 120 Å². The largest absolute Gasteiger partial charge is 0.380 e. The molecule has 0 saturated carbocycles. The van der Waals surface area contributed by atoms with Gasteiger partial charge in [0.1, 0.15) is 0 Å². The van der Waals surface area contributed by atoms with Gasteiger partial charge in [0, 0.05) is 25.7 Å². The first-order valence-corrected chi connectivity index (χ1v) is 8.26. The number of rotatable bonds is 10. The van der Waals surface area contributed by atoms with Crippen LogP contribution in [0.3, 0.4) is 0 Å². The fourth-order valence-corrected chi connectivity index (χ4v) is 2.65. The van der Waals surface area contributed by atoms with E-state index in [-0.39, 0.29) is 0 Å². The van der Waals surface area contributed by atoms with Crippen LogP contribution in [0.5, 0.6) is 0 Å². The van der Waals surface area contributed by atoms with Gasteiger partial charge in [0.15, 0.2) is 0 Å². The minimum Gasteiger partial charge on any atom is -0.380 e. The predicted molar refractivity (Wildman–Crippen MR) is 82.6 cm³/mol. The summed E-state index contributed by atoms with van der Waals surface area (Å²) < 4.78 is 5.71. The molecule has 1 fully saturated rings. The summed E-state index contributed by atoms with van der Waals surface area (Å²) in [5.41, 5.74) is 0. The van der Waals surface area contributed by atoms with Crippen molar-refractivity contribution in [1.29, 1.82) is 0 Å². The number of nitrogens with one attached hydrogen (secondary N) is 1. The van der Waals surface area contributed by atoms with Crippen molar-refractivity contribution in [3.8, 4) is 0 Å². The molecule has 0 spiro atoms. The standard InChI is InChI=1S/C16H34N2O/c1-4-5-11-19-12-10-18-9-7-6-8-16(18)14-17-13-15(2)3/h15-17H,4-14H2,1-3H3. The summed E-state index contributed by atoms with van der Waals surface area (Å²) >= 11 is 0. The topological polar surface area (TPSA) is 24.5 Å². The zero-order valence-corrected chi connectivity index (χ0v) is 13.3. The van der Waals surface area contributed by atoms with Crippen molar-refractivity contribution in [3.05, 3.63) is 0 Å². The third-order valence-electron chi connectivity index (χ3n) is 3.85. The van der Waals surface area contributed by atoms with Crippen LogP contribution in [0.15, 0.2) is 0 Å². The Bertz CT molecular complexity index is 209. The average molecular weight is 270 g/mol. The van der Waals surface area contributed by atoms with Crippen LogP contribution in [-0.2, 0) is 4.74 Å². The molecule has 0 aromatic rings. The second-order valence-electron chi connectivity index (χ2n) is 6.20. The van der Waals surface area contributed by atoms with E-state index < -0.39 is 0 Å². The van der Waals surface area contributed by atoms with E-state index in [4.69, 9.17) is 4.74 Å². The fraction of sp³-hybridized carbons (Fsp3) is 1.00. The third kappa shape index (κ3) is 7.91. The van der Waals surface area contributed by atoms with Crippen molar-refractivity contribution in [2.24, 2.45) is 5.92 Å². The van der Waals surface area contributed by atoms with Crippen molar-refractivity contribution < 1.29 is 4.74 Å². The molecular formula is C16H34N2O. The molecule has 1 N–H and O–H groups in total. The van der Waals surface area contributed by atoms with Gasteiger partial charge in [-0.15, -0.1) is 0 Å². The highest BCUT2D eigenvalue weighted by molar-refractivity contribution is 4.78. The number of unbranched alkanes of at least 4 members (excludes halogenated alkanes) is 1. The molecule has 1 saturated heterocycles.